The van der Waals surface area contributed by atoms with E-state index in [2.05, 4.69) is 31.9 Å². The van der Waals surface area contributed by atoms with Crippen LogP contribution in [0.5, 0.6) is 5.75 Å². The van der Waals surface area contributed by atoms with Gasteiger partial charge < -0.3 is 31.3 Å². The minimum absolute atomic E-state index is 0.229. The number of methoxy groups -OCH3 is 1. The number of halogens is 1. The first-order valence-electron chi connectivity index (χ1n) is 9.46. The van der Waals surface area contributed by atoms with E-state index in [4.69, 9.17) is 10.5 Å². The SMILES string of the molecule is COc1ccc(C2NC(=O)NC3=C2CN(C(=O)CNC(N)=O)c2ccccc23)cc1Br. The summed E-state index contributed by atoms with van der Waals surface area (Å²) >= 11 is 3.49. The smallest absolute Gasteiger partial charge is 0.320 e. The average molecular weight is 486 g/mol. The number of benzene rings is 2. The van der Waals surface area contributed by atoms with Crippen LogP contribution in [0.1, 0.15) is 17.2 Å². The minimum atomic E-state index is -0.772. The van der Waals surface area contributed by atoms with E-state index in [0.29, 0.717) is 17.1 Å². The van der Waals surface area contributed by atoms with Gasteiger partial charge in [0.15, 0.2) is 0 Å². The molecule has 0 saturated heterocycles. The lowest BCUT2D eigenvalue weighted by Crippen LogP contribution is -2.50. The topological polar surface area (TPSA) is 126 Å². The van der Waals surface area contributed by atoms with Gasteiger partial charge >= 0.3 is 12.1 Å². The summed E-state index contributed by atoms with van der Waals surface area (Å²) in [6.45, 7) is -0.00195. The Morgan fingerprint density at radius 2 is 2.06 bits per heavy atom. The molecule has 31 heavy (non-hydrogen) atoms. The zero-order valence-corrected chi connectivity index (χ0v) is 18.2. The first kappa shape index (κ1) is 20.7. The standard InChI is InChI=1S/C21H20BrN5O4/c1-31-16-7-6-11(8-14(16)22)18-13-10-27(17(28)9-24-20(23)29)15-5-3-2-4-12(15)19(13)26-21(30)25-18/h2-8,18H,9-10H2,1H3,(H3,23,24,29)(H2,25,26,30). The molecule has 160 valence electrons. The number of amides is 5. The largest absolute Gasteiger partial charge is 0.496 e. The lowest BCUT2D eigenvalue weighted by molar-refractivity contribution is -0.117. The molecular formula is C21H20BrN5O4. The van der Waals surface area contributed by atoms with Crippen LogP contribution in [-0.2, 0) is 4.79 Å². The molecular weight excluding hydrogens is 466 g/mol. The Morgan fingerprint density at radius 3 is 2.77 bits per heavy atom. The number of primary amides is 1. The highest BCUT2D eigenvalue weighted by atomic mass is 79.9. The van der Waals surface area contributed by atoms with Gasteiger partial charge in [-0.15, -0.1) is 0 Å². The van der Waals surface area contributed by atoms with Gasteiger partial charge in [-0.2, -0.15) is 0 Å². The van der Waals surface area contributed by atoms with Crippen LogP contribution in [0, 0.1) is 0 Å². The lowest BCUT2D eigenvalue weighted by Gasteiger charge is -2.39. The van der Waals surface area contributed by atoms with E-state index in [-0.39, 0.29) is 25.0 Å². The fraction of sp³-hybridized carbons (Fsp3) is 0.190. The Balaban J connectivity index is 1.78. The molecule has 9 nitrogen and oxygen atoms in total. The summed E-state index contributed by atoms with van der Waals surface area (Å²) < 4.78 is 6.05. The summed E-state index contributed by atoms with van der Waals surface area (Å²) in [4.78, 5) is 38.0. The van der Waals surface area contributed by atoms with Crippen molar-refractivity contribution in [3.05, 3.63) is 63.6 Å². The zero-order chi connectivity index (χ0) is 22.1. The maximum atomic E-state index is 12.9. The van der Waals surface area contributed by atoms with E-state index in [9.17, 15) is 14.4 Å². The molecule has 0 fully saturated rings. The molecule has 0 bridgehead atoms. The molecule has 4 rings (SSSR count). The molecule has 0 aromatic heterocycles. The third-order valence-electron chi connectivity index (χ3n) is 5.20. The van der Waals surface area contributed by atoms with Crippen molar-refractivity contribution in [1.29, 1.82) is 0 Å². The number of nitrogens with one attached hydrogen (secondary N) is 3. The molecule has 2 aliphatic heterocycles. The summed E-state index contributed by atoms with van der Waals surface area (Å²) in [5, 5.41) is 8.17. The second-order valence-corrected chi connectivity index (χ2v) is 7.89. The summed E-state index contributed by atoms with van der Waals surface area (Å²) in [5.41, 5.74) is 8.82. The number of carbonyl (C=O) groups excluding carboxylic acids is 3. The molecule has 1 atom stereocenters. The number of nitrogens with two attached hydrogens (primary N) is 1. The van der Waals surface area contributed by atoms with Crippen molar-refractivity contribution in [2.75, 3.05) is 25.1 Å². The Morgan fingerprint density at radius 1 is 1.29 bits per heavy atom. The molecule has 5 N–H and O–H groups in total. The van der Waals surface area contributed by atoms with Gasteiger partial charge in [-0.05, 0) is 39.7 Å². The molecule has 0 saturated carbocycles. The monoisotopic (exact) mass is 485 g/mol. The predicted octanol–water partition coefficient (Wildman–Crippen LogP) is 2.24. The average Bonchev–Trinajstić information content (AvgIpc) is 2.76. The summed E-state index contributed by atoms with van der Waals surface area (Å²) in [6, 6.07) is 11.3. The highest BCUT2D eigenvalue weighted by molar-refractivity contribution is 9.10. The second-order valence-electron chi connectivity index (χ2n) is 7.04. The molecule has 5 amide bonds. The minimum Gasteiger partial charge on any atom is -0.496 e. The number of urea groups is 2. The van der Waals surface area contributed by atoms with Crippen LogP contribution in [0.2, 0.25) is 0 Å². The van der Waals surface area contributed by atoms with Crippen molar-refractivity contribution in [2.45, 2.75) is 6.04 Å². The summed E-state index contributed by atoms with van der Waals surface area (Å²) in [5.74, 6) is 0.353. The van der Waals surface area contributed by atoms with Crippen LogP contribution in [0.15, 0.2) is 52.5 Å². The maximum absolute atomic E-state index is 12.9. The molecule has 0 aliphatic carbocycles. The number of anilines is 1. The fourth-order valence-corrected chi connectivity index (χ4v) is 4.36. The molecule has 0 radical (unpaired) electrons. The van der Waals surface area contributed by atoms with Crippen molar-refractivity contribution in [3.63, 3.8) is 0 Å². The summed E-state index contributed by atoms with van der Waals surface area (Å²) in [6.07, 6.45) is 0. The normalized spacial score (nSPS) is 17.2. The number of hydrogen-bond acceptors (Lipinski definition) is 4. The Bertz CT molecular complexity index is 1120. The highest BCUT2D eigenvalue weighted by Crippen LogP contribution is 2.41. The van der Waals surface area contributed by atoms with Crippen LogP contribution in [-0.4, -0.2) is 38.2 Å². The van der Waals surface area contributed by atoms with Crippen molar-refractivity contribution >= 4 is 45.3 Å². The molecule has 10 heteroatoms. The highest BCUT2D eigenvalue weighted by Gasteiger charge is 2.36. The van der Waals surface area contributed by atoms with Gasteiger partial charge in [0, 0.05) is 11.1 Å². The molecule has 2 aliphatic rings. The quantitative estimate of drug-likeness (QED) is 0.529. The first-order chi connectivity index (χ1) is 14.9. The van der Waals surface area contributed by atoms with Crippen LogP contribution >= 0.6 is 15.9 Å². The van der Waals surface area contributed by atoms with Crippen molar-refractivity contribution < 1.29 is 19.1 Å². The van der Waals surface area contributed by atoms with Gasteiger partial charge in [-0.1, -0.05) is 24.3 Å². The fourth-order valence-electron chi connectivity index (χ4n) is 3.81. The van der Waals surface area contributed by atoms with Crippen LogP contribution < -0.4 is 31.3 Å². The summed E-state index contributed by atoms with van der Waals surface area (Å²) in [7, 11) is 1.58. The van der Waals surface area contributed by atoms with Gasteiger partial charge in [0.25, 0.3) is 0 Å². The maximum Gasteiger partial charge on any atom is 0.320 e. The number of ether oxygens (including phenoxy) is 1. The Kier molecular flexibility index (Phi) is 5.55. The van der Waals surface area contributed by atoms with E-state index in [1.807, 2.05) is 36.4 Å². The van der Waals surface area contributed by atoms with Crippen molar-refractivity contribution in [3.8, 4) is 5.75 Å². The van der Waals surface area contributed by atoms with Gasteiger partial charge in [0.2, 0.25) is 5.91 Å². The van der Waals surface area contributed by atoms with Gasteiger partial charge in [-0.25, -0.2) is 9.59 Å². The second kappa shape index (κ2) is 8.31. The number of para-hydroxylation sites is 1. The number of fused-ring (bicyclic) bond motifs is 2. The van der Waals surface area contributed by atoms with E-state index in [0.717, 1.165) is 21.2 Å². The molecule has 2 aromatic rings. The third-order valence-corrected chi connectivity index (χ3v) is 5.82. The van der Waals surface area contributed by atoms with Crippen molar-refractivity contribution in [2.24, 2.45) is 5.73 Å². The van der Waals surface area contributed by atoms with E-state index >= 15 is 0 Å². The van der Waals surface area contributed by atoms with Crippen LogP contribution in [0.25, 0.3) is 5.70 Å². The molecule has 2 heterocycles. The van der Waals surface area contributed by atoms with Gasteiger partial charge in [0.1, 0.15) is 5.75 Å². The van der Waals surface area contributed by atoms with Crippen molar-refractivity contribution in [1.82, 2.24) is 16.0 Å². The van der Waals surface area contributed by atoms with E-state index in [1.165, 1.54) is 0 Å². The number of rotatable bonds is 4. The number of hydrogen-bond donors (Lipinski definition) is 4. The van der Waals surface area contributed by atoms with E-state index in [1.54, 1.807) is 18.1 Å². The molecule has 2 aromatic carbocycles. The molecule has 1 unspecified atom stereocenters. The van der Waals surface area contributed by atoms with Crippen LogP contribution in [0.4, 0.5) is 15.3 Å². The van der Waals surface area contributed by atoms with Gasteiger partial charge in [0.05, 0.1) is 42.1 Å². The molecule has 0 spiro atoms. The Hall–Kier alpha value is -3.53. The number of carbonyl (C=O) groups is 3. The Labute approximate surface area is 186 Å². The first-order valence-corrected chi connectivity index (χ1v) is 10.3. The lowest BCUT2D eigenvalue weighted by atomic mass is 9.88. The number of nitrogens with zero attached hydrogens (tertiary/aromatic N) is 1. The van der Waals surface area contributed by atoms with Crippen LogP contribution in [0.3, 0.4) is 0 Å². The predicted molar refractivity (Wildman–Crippen MR) is 118 cm³/mol. The van der Waals surface area contributed by atoms with E-state index < -0.39 is 12.1 Å². The third kappa shape index (κ3) is 3.93. The van der Waals surface area contributed by atoms with Gasteiger partial charge in [-0.3, -0.25) is 4.79 Å². The zero-order valence-electron chi connectivity index (χ0n) is 16.6.